The zero-order valence-electron chi connectivity index (χ0n) is 24.6. The van der Waals surface area contributed by atoms with E-state index in [1.807, 2.05) is 0 Å². The fourth-order valence-electron chi connectivity index (χ4n) is 8.66. The molecule has 0 spiro atoms. The van der Waals surface area contributed by atoms with E-state index in [0.717, 1.165) is 0 Å². The van der Waals surface area contributed by atoms with Gasteiger partial charge in [0.25, 0.3) is 0 Å². The molecule has 11 rings (SSSR count). The van der Waals surface area contributed by atoms with Gasteiger partial charge in [0.05, 0.1) is 22.1 Å². The second-order valence-electron chi connectivity index (χ2n) is 12.9. The lowest BCUT2D eigenvalue weighted by Gasteiger charge is -2.22. The van der Waals surface area contributed by atoms with Crippen LogP contribution in [0.2, 0.25) is 0 Å². The van der Waals surface area contributed by atoms with E-state index in [4.69, 9.17) is 0 Å². The van der Waals surface area contributed by atoms with Gasteiger partial charge in [-0.15, -0.1) is 0 Å². The lowest BCUT2D eigenvalue weighted by molar-refractivity contribution is 1.01. The Kier molecular flexibility index (Phi) is 4.51. The van der Waals surface area contributed by atoms with Crippen LogP contribution in [0.15, 0.2) is 146 Å². The van der Waals surface area contributed by atoms with Gasteiger partial charge in [0.15, 0.2) is 0 Å². The lowest BCUT2D eigenvalue weighted by atomic mass is 9.83. The molecule has 2 heterocycles. The molecule has 7 aromatic carbocycles. The SMILES string of the molecule is c1ccc(-n2c3ccccc3c3ccc4c(c5ccccc5n4-c4ccc5c(c4)-c4ccc6ccccc6c4C4CC54)c32)cc1. The molecule has 0 radical (unpaired) electrons. The Balaban J connectivity index is 1.24. The van der Waals surface area contributed by atoms with Gasteiger partial charge in [-0.3, -0.25) is 0 Å². The monoisotopic (exact) mass is 572 g/mol. The van der Waals surface area contributed by atoms with Crippen molar-refractivity contribution in [3.8, 4) is 22.5 Å². The first-order chi connectivity index (χ1) is 22.3. The number of fused-ring (bicyclic) bond motifs is 15. The largest absolute Gasteiger partial charge is 0.309 e. The molecule has 0 N–H and O–H groups in total. The van der Waals surface area contributed by atoms with Gasteiger partial charge in [-0.2, -0.15) is 0 Å². The van der Waals surface area contributed by atoms with Crippen molar-refractivity contribution in [3.63, 3.8) is 0 Å². The molecule has 45 heavy (non-hydrogen) atoms. The minimum atomic E-state index is 0.631. The second kappa shape index (κ2) is 8.52. The minimum absolute atomic E-state index is 0.631. The summed E-state index contributed by atoms with van der Waals surface area (Å²) in [5.74, 6) is 1.28. The number of hydrogen-bond acceptors (Lipinski definition) is 0. The average Bonchev–Trinajstić information content (AvgIpc) is 3.74. The van der Waals surface area contributed by atoms with Crippen LogP contribution in [0.25, 0.3) is 76.9 Å². The fourth-order valence-corrected chi connectivity index (χ4v) is 8.66. The molecule has 0 bridgehead atoms. The van der Waals surface area contributed by atoms with Crippen molar-refractivity contribution in [3.05, 3.63) is 157 Å². The summed E-state index contributed by atoms with van der Waals surface area (Å²) in [6.45, 7) is 0. The predicted octanol–water partition coefficient (Wildman–Crippen LogP) is 11.3. The van der Waals surface area contributed by atoms with Crippen molar-refractivity contribution in [2.75, 3.05) is 0 Å². The number of benzene rings is 7. The molecule has 2 aliphatic rings. The number of para-hydroxylation sites is 3. The normalized spacial score (nSPS) is 16.8. The zero-order valence-corrected chi connectivity index (χ0v) is 24.6. The Morgan fingerprint density at radius 2 is 1.18 bits per heavy atom. The second-order valence-corrected chi connectivity index (χ2v) is 12.9. The smallest absolute Gasteiger partial charge is 0.0641 e. The van der Waals surface area contributed by atoms with E-state index in [-0.39, 0.29) is 0 Å². The topological polar surface area (TPSA) is 9.86 Å². The molecule has 0 amide bonds. The summed E-state index contributed by atoms with van der Waals surface area (Å²) in [4.78, 5) is 0. The van der Waals surface area contributed by atoms with E-state index in [0.29, 0.717) is 11.8 Å². The van der Waals surface area contributed by atoms with Crippen LogP contribution in [0.5, 0.6) is 0 Å². The van der Waals surface area contributed by atoms with Crippen LogP contribution in [0.1, 0.15) is 29.4 Å². The molecule has 2 aromatic heterocycles. The molecule has 2 atom stereocenters. The molecule has 1 fully saturated rings. The quantitative estimate of drug-likeness (QED) is 0.195. The molecule has 2 nitrogen and oxygen atoms in total. The standard InChI is InChI=1S/C43H28N2/c1-2-11-27(12-3-1)45-38-16-8-6-14-31(38)33-22-23-40-42(43(33)45)34-15-7-9-17-39(34)44(40)28-19-21-30-35(24-28)32-20-18-26-10-4-5-13-29(26)41(32)37-25-36(30)37/h1-24,36-37H,25H2. The summed E-state index contributed by atoms with van der Waals surface area (Å²) in [6.07, 6.45) is 1.25. The molecule has 2 aliphatic carbocycles. The van der Waals surface area contributed by atoms with Gasteiger partial charge in [0, 0.05) is 32.9 Å². The maximum Gasteiger partial charge on any atom is 0.0641 e. The van der Waals surface area contributed by atoms with Crippen molar-refractivity contribution < 1.29 is 0 Å². The van der Waals surface area contributed by atoms with Crippen molar-refractivity contribution in [1.82, 2.24) is 9.13 Å². The first kappa shape index (κ1) is 23.8. The Bertz CT molecular complexity index is 2690. The predicted molar refractivity (Wildman–Crippen MR) is 188 cm³/mol. The van der Waals surface area contributed by atoms with E-state index < -0.39 is 0 Å². The van der Waals surface area contributed by atoms with Crippen molar-refractivity contribution in [1.29, 1.82) is 0 Å². The first-order valence-electron chi connectivity index (χ1n) is 16.0. The molecule has 1 saturated carbocycles. The molecule has 9 aromatic rings. The summed E-state index contributed by atoms with van der Waals surface area (Å²) in [5, 5.41) is 7.93. The van der Waals surface area contributed by atoms with Crippen molar-refractivity contribution in [2.45, 2.75) is 18.3 Å². The summed E-state index contributed by atoms with van der Waals surface area (Å²) in [7, 11) is 0. The molecule has 0 saturated heterocycles. The fraction of sp³-hybridized carbons (Fsp3) is 0.0698. The lowest BCUT2D eigenvalue weighted by Crippen LogP contribution is -2.02. The summed E-state index contributed by atoms with van der Waals surface area (Å²) >= 11 is 0. The summed E-state index contributed by atoms with van der Waals surface area (Å²) < 4.78 is 4.96. The Morgan fingerprint density at radius 1 is 0.444 bits per heavy atom. The Hall–Kier alpha value is -5.60. The average molecular weight is 573 g/mol. The van der Waals surface area contributed by atoms with Gasteiger partial charge in [-0.1, -0.05) is 103 Å². The van der Waals surface area contributed by atoms with Crippen LogP contribution < -0.4 is 0 Å². The highest BCUT2D eigenvalue weighted by Crippen LogP contribution is 2.63. The van der Waals surface area contributed by atoms with E-state index in [1.54, 1.807) is 5.56 Å². The highest BCUT2D eigenvalue weighted by molar-refractivity contribution is 6.26. The maximum absolute atomic E-state index is 2.50. The maximum atomic E-state index is 2.50. The minimum Gasteiger partial charge on any atom is -0.309 e. The summed E-state index contributed by atoms with van der Waals surface area (Å²) in [6, 6.07) is 54.1. The van der Waals surface area contributed by atoms with Crippen molar-refractivity contribution in [2.24, 2.45) is 0 Å². The van der Waals surface area contributed by atoms with E-state index in [9.17, 15) is 0 Å². The van der Waals surface area contributed by atoms with Gasteiger partial charge < -0.3 is 9.13 Å². The molecule has 210 valence electrons. The van der Waals surface area contributed by atoms with Gasteiger partial charge in [-0.25, -0.2) is 0 Å². The molecule has 2 unspecified atom stereocenters. The van der Waals surface area contributed by atoms with Gasteiger partial charge in [0.2, 0.25) is 0 Å². The highest BCUT2D eigenvalue weighted by atomic mass is 15.0. The van der Waals surface area contributed by atoms with Gasteiger partial charge in [0.1, 0.15) is 0 Å². The van der Waals surface area contributed by atoms with E-state index in [1.165, 1.54) is 88.9 Å². The molecule has 2 heteroatoms. The molecule has 0 aliphatic heterocycles. The van der Waals surface area contributed by atoms with Crippen LogP contribution in [0.3, 0.4) is 0 Å². The van der Waals surface area contributed by atoms with Crippen LogP contribution in [-0.4, -0.2) is 9.13 Å². The zero-order chi connectivity index (χ0) is 29.2. The Labute approximate surface area is 260 Å². The van der Waals surface area contributed by atoms with Gasteiger partial charge in [-0.05, 0) is 93.7 Å². The van der Waals surface area contributed by atoms with Crippen LogP contribution in [0.4, 0.5) is 0 Å². The van der Waals surface area contributed by atoms with E-state index >= 15 is 0 Å². The number of aromatic nitrogens is 2. The number of nitrogens with zero attached hydrogens (tertiary/aromatic N) is 2. The first-order valence-corrected chi connectivity index (χ1v) is 16.0. The van der Waals surface area contributed by atoms with Gasteiger partial charge >= 0.3 is 0 Å². The third kappa shape index (κ3) is 3.09. The third-order valence-corrected chi connectivity index (χ3v) is 10.6. The summed E-state index contributed by atoms with van der Waals surface area (Å²) in [5.41, 5.74) is 13.3. The molecular formula is C43H28N2. The Morgan fingerprint density at radius 3 is 2.04 bits per heavy atom. The molecular weight excluding hydrogens is 544 g/mol. The third-order valence-electron chi connectivity index (χ3n) is 10.6. The van der Waals surface area contributed by atoms with Crippen LogP contribution >= 0.6 is 0 Å². The van der Waals surface area contributed by atoms with Crippen LogP contribution in [-0.2, 0) is 0 Å². The van der Waals surface area contributed by atoms with E-state index in [2.05, 4.69) is 155 Å². The number of rotatable bonds is 2. The van der Waals surface area contributed by atoms with Crippen LogP contribution in [0, 0.1) is 0 Å². The van der Waals surface area contributed by atoms with Crippen molar-refractivity contribution >= 4 is 54.4 Å². The highest BCUT2D eigenvalue weighted by Gasteiger charge is 2.46. The number of hydrogen-bond donors (Lipinski definition) is 0.